The smallest absolute Gasteiger partial charge is 0.0431 e. The van der Waals surface area contributed by atoms with Crippen molar-refractivity contribution in [2.75, 3.05) is 0 Å². The van der Waals surface area contributed by atoms with E-state index in [1.165, 1.54) is 0 Å². The Bertz CT molecular complexity index is 164. The predicted molar refractivity (Wildman–Crippen MR) is 66.3 cm³/mol. The van der Waals surface area contributed by atoms with Gasteiger partial charge in [-0.2, -0.15) is 0 Å². The summed E-state index contributed by atoms with van der Waals surface area (Å²) in [6.07, 6.45) is 1.80. The largest absolute Gasteiger partial charge is 0.0961 e. The van der Waals surface area contributed by atoms with Gasteiger partial charge in [0.15, 0.2) is 0 Å². The van der Waals surface area contributed by atoms with Crippen LogP contribution in [0.1, 0.15) is 41.5 Å². The molecule has 0 saturated heterocycles. The zero-order valence-electron chi connectivity index (χ0n) is 9.87. The van der Waals surface area contributed by atoms with Crippen LogP contribution >= 0.6 is 11.6 Å². The van der Waals surface area contributed by atoms with Gasteiger partial charge in [0.2, 0.25) is 0 Å². The van der Waals surface area contributed by atoms with Crippen molar-refractivity contribution < 1.29 is 0 Å². The van der Waals surface area contributed by atoms with Crippen LogP contribution < -0.4 is 0 Å². The van der Waals surface area contributed by atoms with Gasteiger partial charge in [-0.05, 0) is 25.5 Å². The third-order valence-electron chi connectivity index (χ3n) is 0.781. The molecule has 0 spiro atoms. The van der Waals surface area contributed by atoms with E-state index in [1.54, 1.807) is 6.08 Å². The van der Waals surface area contributed by atoms with Crippen LogP contribution in [0.2, 0.25) is 0 Å². The average molecular weight is 203 g/mol. The van der Waals surface area contributed by atoms with E-state index in [-0.39, 0.29) is 0 Å². The van der Waals surface area contributed by atoms with Crippen LogP contribution in [-0.4, -0.2) is 0 Å². The molecule has 0 atom stereocenters. The highest BCUT2D eigenvalue weighted by molar-refractivity contribution is 6.32. The predicted octanol–water partition coefficient (Wildman–Crippen LogP) is 5.31. The molecule has 0 fully saturated rings. The summed E-state index contributed by atoms with van der Waals surface area (Å²) in [4.78, 5) is 0. The second-order valence-corrected chi connectivity index (χ2v) is 2.53. The number of hydrogen-bond acceptors (Lipinski definition) is 0. The average Bonchev–Trinajstić information content (AvgIpc) is 2.10. The summed E-state index contributed by atoms with van der Waals surface area (Å²) < 4.78 is 0. The highest BCUT2D eigenvalue weighted by Gasteiger charge is 1.89. The Morgan fingerprint density at radius 2 is 1.31 bits per heavy atom. The zero-order valence-corrected chi connectivity index (χ0v) is 10.6. The molecule has 0 aliphatic heterocycles. The van der Waals surface area contributed by atoms with Gasteiger partial charge < -0.3 is 0 Å². The fourth-order valence-electron chi connectivity index (χ4n) is 0.340. The van der Waals surface area contributed by atoms with Crippen LogP contribution in [0.4, 0.5) is 0 Å². The van der Waals surface area contributed by atoms with Crippen molar-refractivity contribution in [1.29, 1.82) is 0 Å². The maximum Gasteiger partial charge on any atom is 0.0431 e. The van der Waals surface area contributed by atoms with Gasteiger partial charge in [-0.15, -0.1) is 0 Å². The molecule has 0 rings (SSSR count). The lowest BCUT2D eigenvalue weighted by Gasteiger charge is -1.93. The Morgan fingerprint density at radius 1 is 1.00 bits per heavy atom. The highest BCUT2D eigenvalue weighted by Crippen LogP contribution is 2.13. The van der Waals surface area contributed by atoms with E-state index in [0.717, 1.165) is 11.1 Å². The van der Waals surface area contributed by atoms with Crippen LogP contribution in [0, 0.1) is 0 Å². The monoisotopic (exact) mass is 202 g/mol. The summed E-state index contributed by atoms with van der Waals surface area (Å²) in [5, 5.41) is 0.683. The van der Waals surface area contributed by atoms with Gasteiger partial charge in [-0.3, -0.25) is 0 Å². The molecule has 0 aromatic carbocycles. The summed E-state index contributed by atoms with van der Waals surface area (Å²) in [5.74, 6) is 0. The summed E-state index contributed by atoms with van der Waals surface area (Å²) in [7, 11) is 0. The molecule has 0 unspecified atom stereocenters. The molecule has 0 N–H and O–H groups in total. The van der Waals surface area contributed by atoms with Crippen LogP contribution in [0.5, 0.6) is 0 Å². The fraction of sp³-hybridized carbons (Fsp3) is 0.500. The Hall–Kier alpha value is -0.490. The van der Waals surface area contributed by atoms with Gasteiger partial charge in [0, 0.05) is 5.03 Å². The number of rotatable bonds is 2. The van der Waals surface area contributed by atoms with E-state index in [0.29, 0.717) is 5.03 Å². The third kappa shape index (κ3) is 18.5. The van der Waals surface area contributed by atoms with Gasteiger partial charge in [-0.25, -0.2) is 0 Å². The Balaban J connectivity index is -0.000000218. The van der Waals surface area contributed by atoms with Crippen molar-refractivity contribution in [2.24, 2.45) is 0 Å². The van der Waals surface area contributed by atoms with E-state index >= 15 is 0 Å². The lowest BCUT2D eigenvalue weighted by Crippen LogP contribution is -1.72. The fourth-order valence-corrected chi connectivity index (χ4v) is 0.526. The maximum absolute atomic E-state index is 5.71. The summed E-state index contributed by atoms with van der Waals surface area (Å²) >= 11 is 5.71. The zero-order chi connectivity index (χ0) is 11.4. The Labute approximate surface area is 89.0 Å². The Morgan fingerprint density at radius 3 is 1.38 bits per heavy atom. The molecule has 0 radical (unpaired) electrons. The highest BCUT2D eigenvalue weighted by atomic mass is 35.5. The van der Waals surface area contributed by atoms with Crippen molar-refractivity contribution in [1.82, 2.24) is 0 Å². The molecular weight excluding hydrogens is 180 g/mol. The van der Waals surface area contributed by atoms with Crippen LogP contribution in [-0.2, 0) is 0 Å². The normalized spacial score (nSPS) is 8.69. The molecule has 0 nitrogen and oxygen atoms in total. The molecule has 78 valence electrons. The first-order chi connectivity index (χ1) is 6.04. The number of allylic oxidation sites excluding steroid dienone is 4. The topological polar surface area (TPSA) is 0 Å². The molecule has 13 heavy (non-hydrogen) atoms. The molecular formula is C12H23Cl. The number of halogens is 1. The van der Waals surface area contributed by atoms with Crippen molar-refractivity contribution in [3.63, 3.8) is 0 Å². The molecule has 0 bridgehead atoms. The molecule has 1 heteroatoms. The molecule has 0 saturated carbocycles. The molecule has 0 aliphatic rings. The van der Waals surface area contributed by atoms with Crippen LogP contribution in [0.25, 0.3) is 0 Å². The summed E-state index contributed by atoms with van der Waals surface area (Å²) in [5.41, 5.74) is 1.82. The van der Waals surface area contributed by atoms with Crippen LogP contribution in [0.15, 0.2) is 35.4 Å². The second kappa shape index (κ2) is 14.1. The van der Waals surface area contributed by atoms with Gasteiger partial charge in [0.05, 0.1) is 0 Å². The van der Waals surface area contributed by atoms with E-state index in [9.17, 15) is 0 Å². The minimum absolute atomic E-state index is 0.683. The number of hydrogen-bond donors (Lipinski definition) is 0. The van der Waals surface area contributed by atoms with Gasteiger partial charge in [0.25, 0.3) is 0 Å². The molecule has 0 heterocycles. The third-order valence-corrected chi connectivity index (χ3v) is 1.21. The van der Waals surface area contributed by atoms with E-state index in [1.807, 2.05) is 41.5 Å². The van der Waals surface area contributed by atoms with Crippen molar-refractivity contribution in [3.05, 3.63) is 35.4 Å². The first-order valence-corrected chi connectivity index (χ1v) is 5.10. The van der Waals surface area contributed by atoms with E-state index < -0.39 is 0 Å². The van der Waals surface area contributed by atoms with Crippen molar-refractivity contribution in [3.8, 4) is 0 Å². The SMILES string of the molecule is C=C(C)/C=C(/Cl)C(=C)C.CC.CC. The minimum Gasteiger partial charge on any atom is -0.0961 e. The van der Waals surface area contributed by atoms with Crippen LogP contribution in [0.3, 0.4) is 0 Å². The first-order valence-electron chi connectivity index (χ1n) is 4.72. The van der Waals surface area contributed by atoms with Gasteiger partial charge in [0.1, 0.15) is 0 Å². The lowest BCUT2D eigenvalue weighted by molar-refractivity contribution is 1.47. The summed E-state index contributed by atoms with van der Waals surface area (Å²) in [6.45, 7) is 19.1. The molecule has 0 aliphatic carbocycles. The molecule has 0 amide bonds. The van der Waals surface area contributed by atoms with Crippen molar-refractivity contribution in [2.45, 2.75) is 41.5 Å². The van der Waals surface area contributed by atoms with Crippen molar-refractivity contribution >= 4 is 11.6 Å². The second-order valence-electron chi connectivity index (χ2n) is 2.12. The maximum atomic E-state index is 5.71. The summed E-state index contributed by atoms with van der Waals surface area (Å²) in [6, 6.07) is 0. The van der Waals surface area contributed by atoms with E-state index in [2.05, 4.69) is 13.2 Å². The molecule has 0 aromatic heterocycles. The van der Waals surface area contributed by atoms with Gasteiger partial charge >= 0.3 is 0 Å². The molecule has 0 aromatic rings. The quantitative estimate of drug-likeness (QED) is 0.532. The lowest BCUT2D eigenvalue weighted by atomic mass is 10.2. The van der Waals surface area contributed by atoms with E-state index in [4.69, 9.17) is 11.6 Å². The Kier molecular flexibility index (Phi) is 19.8. The van der Waals surface area contributed by atoms with Gasteiger partial charge in [-0.1, -0.05) is 58.0 Å². The standard InChI is InChI=1S/C8H11Cl.2C2H6/c1-6(2)5-8(9)7(3)4;2*1-2/h5H,1,3H2,2,4H3;2*1-2H3/b8-5+;;. The first kappa shape index (κ1) is 18.3. The minimum atomic E-state index is 0.683.